The van der Waals surface area contributed by atoms with Gasteiger partial charge in [0.25, 0.3) is 0 Å². The van der Waals surface area contributed by atoms with E-state index in [1.54, 1.807) is 6.92 Å². The van der Waals surface area contributed by atoms with Gasteiger partial charge in [0.1, 0.15) is 0 Å². The molecule has 14 heavy (non-hydrogen) atoms. The molecule has 0 radical (unpaired) electrons. The van der Waals surface area contributed by atoms with Crippen LogP contribution in [0.25, 0.3) is 0 Å². The third kappa shape index (κ3) is 2.99. The Morgan fingerprint density at radius 3 is 2.93 bits per heavy atom. The van der Waals surface area contributed by atoms with Crippen LogP contribution in [-0.4, -0.2) is 17.6 Å². The maximum Gasteiger partial charge on any atom is 0.310 e. The lowest BCUT2D eigenvalue weighted by atomic mass is 10.2. The lowest BCUT2D eigenvalue weighted by Crippen LogP contribution is -2.11. The standard InChI is InChI=1S/C9H10BrNO3/c1-2-14-9(13)3-6-5-11-8(12)4-7(6)10/h4-5H,2-3H2,1H3,(H,11,12). The Morgan fingerprint density at radius 2 is 2.36 bits per heavy atom. The third-order valence-electron chi connectivity index (χ3n) is 1.59. The average Bonchev–Trinajstić information content (AvgIpc) is 2.10. The van der Waals surface area contributed by atoms with Gasteiger partial charge in [-0.3, -0.25) is 9.59 Å². The summed E-state index contributed by atoms with van der Waals surface area (Å²) in [6.45, 7) is 2.11. The molecule has 0 aliphatic carbocycles. The molecule has 0 amide bonds. The van der Waals surface area contributed by atoms with Crippen molar-refractivity contribution >= 4 is 21.9 Å². The van der Waals surface area contributed by atoms with Crippen molar-refractivity contribution in [3.8, 4) is 0 Å². The van der Waals surface area contributed by atoms with E-state index in [2.05, 4.69) is 20.9 Å². The molecule has 0 aromatic carbocycles. The first-order valence-electron chi connectivity index (χ1n) is 4.16. The second-order valence-corrected chi connectivity index (χ2v) is 3.51. The summed E-state index contributed by atoms with van der Waals surface area (Å²) in [5, 5.41) is 0. The highest BCUT2D eigenvalue weighted by Gasteiger charge is 2.07. The van der Waals surface area contributed by atoms with Gasteiger partial charge in [0, 0.05) is 16.7 Å². The van der Waals surface area contributed by atoms with Crippen molar-refractivity contribution < 1.29 is 9.53 Å². The van der Waals surface area contributed by atoms with Gasteiger partial charge in [-0.25, -0.2) is 0 Å². The van der Waals surface area contributed by atoms with Crippen molar-refractivity contribution in [2.75, 3.05) is 6.61 Å². The number of nitrogens with one attached hydrogen (secondary N) is 1. The van der Waals surface area contributed by atoms with Crippen molar-refractivity contribution in [2.24, 2.45) is 0 Å². The molecule has 0 bridgehead atoms. The molecule has 76 valence electrons. The fraction of sp³-hybridized carbons (Fsp3) is 0.333. The van der Waals surface area contributed by atoms with Gasteiger partial charge in [-0.1, -0.05) is 15.9 Å². The van der Waals surface area contributed by atoms with Crippen molar-refractivity contribution in [3.63, 3.8) is 0 Å². The molecule has 0 atom stereocenters. The molecular formula is C9H10BrNO3. The van der Waals surface area contributed by atoms with Crippen LogP contribution in [0.5, 0.6) is 0 Å². The Kier molecular flexibility index (Phi) is 3.88. The quantitative estimate of drug-likeness (QED) is 0.832. The van der Waals surface area contributed by atoms with E-state index in [-0.39, 0.29) is 17.9 Å². The number of pyridine rings is 1. The predicted molar refractivity (Wildman–Crippen MR) is 55.1 cm³/mol. The average molecular weight is 260 g/mol. The summed E-state index contributed by atoms with van der Waals surface area (Å²) >= 11 is 3.20. The van der Waals surface area contributed by atoms with Crippen molar-refractivity contribution in [2.45, 2.75) is 13.3 Å². The molecule has 1 rings (SSSR count). The molecule has 1 N–H and O–H groups in total. The predicted octanol–water partition coefficient (Wildman–Crippen LogP) is 1.24. The van der Waals surface area contributed by atoms with E-state index in [1.165, 1.54) is 12.3 Å². The molecule has 0 aliphatic heterocycles. The minimum atomic E-state index is -0.305. The number of hydrogen-bond acceptors (Lipinski definition) is 3. The van der Waals surface area contributed by atoms with E-state index >= 15 is 0 Å². The molecular weight excluding hydrogens is 250 g/mol. The molecule has 1 aromatic heterocycles. The third-order valence-corrected chi connectivity index (χ3v) is 2.33. The van der Waals surface area contributed by atoms with Gasteiger partial charge in [0.2, 0.25) is 5.56 Å². The minimum absolute atomic E-state index is 0.158. The number of rotatable bonds is 3. The van der Waals surface area contributed by atoms with Gasteiger partial charge in [-0.15, -0.1) is 0 Å². The highest BCUT2D eigenvalue weighted by molar-refractivity contribution is 9.10. The maximum atomic E-state index is 11.1. The molecule has 5 heteroatoms. The van der Waals surface area contributed by atoms with Crippen LogP contribution in [0.15, 0.2) is 21.5 Å². The van der Waals surface area contributed by atoms with Gasteiger partial charge in [-0.05, 0) is 12.5 Å². The summed E-state index contributed by atoms with van der Waals surface area (Å²) in [4.78, 5) is 24.5. The lowest BCUT2D eigenvalue weighted by Gasteiger charge is -2.03. The summed E-state index contributed by atoms with van der Waals surface area (Å²) < 4.78 is 5.40. The Morgan fingerprint density at radius 1 is 1.64 bits per heavy atom. The van der Waals surface area contributed by atoms with Crippen LogP contribution in [0.4, 0.5) is 0 Å². The van der Waals surface area contributed by atoms with Crippen LogP contribution < -0.4 is 5.56 Å². The van der Waals surface area contributed by atoms with E-state index in [0.29, 0.717) is 16.6 Å². The number of hydrogen-bond donors (Lipinski definition) is 1. The van der Waals surface area contributed by atoms with Crippen molar-refractivity contribution in [3.05, 3.63) is 32.7 Å². The van der Waals surface area contributed by atoms with E-state index in [4.69, 9.17) is 4.74 Å². The zero-order valence-corrected chi connectivity index (χ0v) is 9.26. The Labute approximate surface area is 89.4 Å². The number of carbonyl (C=O) groups is 1. The molecule has 0 unspecified atom stereocenters. The number of halogens is 1. The zero-order chi connectivity index (χ0) is 10.6. The molecule has 0 aliphatic rings. The van der Waals surface area contributed by atoms with Gasteiger partial charge >= 0.3 is 5.97 Å². The van der Waals surface area contributed by atoms with Crippen LogP contribution in [-0.2, 0) is 16.0 Å². The summed E-state index contributed by atoms with van der Waals surface area (Å²) in [7, 11) is 0. The number of esters is 1. The van der Waals surface area contributed by atoms with E-state index in [9.17, 15) is 9.59 Å². The highest BCUT2D eigenvalue weighted by Crippen LogP contribution is 2.13. The fourth-order valence-corrected chi connectivity index (χ4v) is 1.44. The van der Waals surface area contributed by atoms with Crippen LogP contribution in [0, 0.1) is 0 Å². The molecule has 0 spiro atoms. The Hall–Kier alpha value is -1.10. The van der Waals surface area contributed by atoms with Crippen LogP contribution in [0.3, 0.4) is 0 Å². The summed E-state index contributed by atoms with van der Waals surface area (Å²) in [5.74, 6) is -0.305. The van der Waals surface area contributed by atoms with Crippen LogP contribution >= 0.6 is 15.9 Å². The Bertz CT molecular complexity index is 386. The number of H-pyrrole nitrogens is 1. The summed E-state index contributed by atoms with van der Waals surface area (Å²) in [6, 6.07) is 1.38. The van der Waals surface area contributed by atoms with E-state index < -0.39 is 0 Å². The van der Waals surface area contributed by atoms with Crippen molar-refractivity contribution in [1.29, 1.82) is 0 Å². The molecule has 1 heterocycles. The smallest absolute Gasteiger partial charge is 0.310 e. The topological polar surface area (TPSA) is 59.2 Å². The first-order chi connectivity index (χ1) is 6.63. The molecule has 0 saturated carbocycles. The van der Waals surface area contributed by atoms with Gasteiger partial charge in [0.05, 0.1) is 13.0 Å². The number of carbonyl (C=O) groups excluding carboxylic acids is 1. The van der Waals surface area contributed by atoms with Crippen molar-refractivity contribution in [1.82, 2.24) is 4.98 Å². The zero-order valence-electron chi connectivity index (χ0n) is 7.67. The largest absolute Gasteiger partial charge is 0.466 e. The first-order valence-corrected chi connectivity index (χ1v) is 4.95. The second kappa shape index (κ2) is 4.95. The summed E-state index contributed by atoms with van der Waals surface area (Å²) in [5.41, 5.74) is 0.507. The van der Waals surface area contributed by atoms with E-state index in [0.717, 1.165) is 0 Å². The first kappa shape index (κ1) is 11.0. The fourth-order valence-electron chi connectivity index (χ4n) is 0.980. The minimum Gasteiger partial charge on any atom is -0.466 e. The molecule has 4 nitrogen and oxygen atoms in total. The monoisotopic (exact) mass is 259 g/mol. The number of aromatic amines is 1. The summed E-state index contributed by atoms with van der Waals surface area (Å²) in [6.07, 6.45) is 1.66. The highest BCUT2D eigenvalue weighted by atomic mass is 79.9. The normalized spacial score (nSPS) is 9.86. The lowest BCUT2D eigenvalue weighted by molar-refractivity contribution is -0.142. The van der Waals surface area contributed by atoms with Gasteiger partial charge < -0.3 is 9.72 Å². The van der Waals surface area contributed by atoms with Gasteiger partial charge in [-0.2, -0.15) is 0 Å². The maximum absolute atomic E-state index is 11.1. The second-order valence-electron chi connectivity index (χ2n) is 2.65. The number of aromatic nitrogens is 1. The SMILES string of the molecule is CCOC(=O)Cc1c[nH]c(=O)cc1Br. The Balaban J connectivity index is 2.77. The number of ether oxygens (including phenoxy) is 1. The molecule has 1 aromatic rings. The molecule has 0 fully saturated rings. The van der Waals surface area contributed by atoms with Crippen LogP contribution in [0.1, 0.15) is 12.5 Å². The van der Waals surface area contributed by atoms with Gasteiger partial charge in [0.15, 0.2) is 0 Å². The van der Waals surface area contributed by atoms with Crippen LogP contribution in [0.2, 0.25) is 0 Å². The molecule has 0 saturated heterocycles. The van der Waals surface area contributed by atoms with E-state index in [1.807, 2.05) is 0 Å².